The first-order valence-corrected chi connectivity index (χ1v) is 7.23. The van der Waals surface area contributed by atoms with E-state index < -0.39 is 0 Å². The maximum Gasteiger partial charge on any atom is 0.287 e. The number of nitrogen functional groups attached to an aromatic ring is 1. The smallest absolute Gasteiger partial charge is 0.287 e. The summed E-state index contributed by atoms with van der Waals surface area (Å²) in [5, 5.41) is 3.66. The van der Waals surface area contributed by atoms with Crippen molar-refractivity contribution in [2.45, 2.75) is 6.54 Å². The molecule has 3 rings (SSSR count). The Morgan fingerprint density at radius 2 is 2.00 bits per heavy atom. The number of amides is 1. The minimum Gasteiger partial charge on any atom is -0.451 e. The Hall–Kier alpha value is -2.27. The summed E-state index contributed by atoms with van der Waals surface area (Å²) in [4.78, 5) is 12.1. The SMILES string of the molecule is Nc1ccc2oc(C(=O)NCc3ccccc3Br)cc2c1. The van der Waals surface area contributed by atoms with Crippen molar-refractivity contribution in [1.82, 2.24) is 5.32 Å². The first kappa shape index (κ1) is 13.7. The van der Waals surface area contributed by atoms with Crippen molar-refractivity contribution < 1.29 is 9.21 Å². The molecule has 0 spiro atoms. The molecule has 1 amide bonds. The number of carbonyl (C=O) groups excluding carboxylic acids is 1. The molecular weight excluding hydrogens is 332 g/mol. The van der Waals surface area contributed by atoms with Crippen molar-refractivity contribution in [2.75, 3.05) is 5.73 Å². The van der Waals surface area contributed by atoms with Gasteiger partial charge in [-0.1, -0.05) is 34.1 Å². The average Bonchev–Trinajstić information content (AvgIpc) is 2.89. The summed E-state index contributed by atoms with van der Waals surface area (Å²) in [6.07, 6.45) is 0. The van der Waals surface area contributed by atoms with Gasteiger partial charge in [-0.15, -0.1) is 0 Å². The average molecular weight is 345 g/mol. The maximum atomic E-state index is 12.1. The largest absolute Gasteiger partial charge is 0.451 e. The zero-order chi connectivity index (χ0) is 14.8. The van der Waals surface area contributed by atoms with Gasteiger partial charge >= 0.3 is 0 Å². The van der Waals surface area contributed by atoms with Crippen LogP contribution in [0.4, 0.5) is 5.69 Å². The molecule has 2 aromatic carbocycles. The third-order valence-corrected chi connectivity index (χ3v) is 3.93. The molecule has 0 bridgehead atoms. The molecule has 0 atom stereocenters. The molecular formula is C16H13BrN2O2. The highest BCUT2D eigenvalue weighted by atomic mass is 79.9. The van der Waals surface area contributed by atoms with Gasteiger partial charge in [-0.3, -0.25) is 4.79 Å². The second-order valence-electron chi connectivity index (χ2n) is 4.68. The molecule has 21 heavy (non-hydrogen) atoms. The van der Waals surface area contributed by atoms with Gasteiger partial charge in [0, 0.05) is 22.1 Å². The molecule has 0 radical (unpaired) electrons. The van der Waals surface area contributed by atoms with E-state index in [-0.39, 0.29) is 11.7 Å². The molecule has 0 aliphatic carbocycles. The normalized spacial score (nSPS) is 10.7. The number of rotatable bonds is 3. The lowest BCUT2D eigenvalue weighted by Crippen LogP contribution is -2.22. The number of carbonyl (C=O) groups is 1. The lowest BCUT2D eigenvalue weighted by Gasteiger charge is -2.05. The third kappa shape index (κ3) is 2.92. The minimum atomic E-state index is -0.250. The standard InChI is InChI=1S/C16H13BrN2O2/c17-13-4-2-1-3-10(13)9-19-16(20)15-8-11-7-12(18)5-6-14(11)21-15/h1-8H,9,18H2,(H,19,20). The quantitative estimate of drug-likeness (QED) is 0.711. The summed E-state index contributed by atoms with van der Waals surface area (Å²) >= 11 is 3.45. The van der Waals surface area contributed by atoms with E-state index in [4.69, 9.17) is 10.2 Å². The van der Waals surface area contributed by atoms with E-state index in [2.05, 4.69) is 21.2 Å². The van der Waals surface area contributed by atoms with Crippen LogP contribution in [0.3, 0.4) is 0 Å². The molecule has 0 saturated heterocycles. The Morgan fingerprint density at radius 1 is 1.19 bits per heavy atom. The molecule has 1 heterocycles. The molecule has 0 saturated carbocycles. The van der Waals surface area contributed by atoms with Crippen LogP contribution in [0.5, 0.6) is 0 Å². The van der Waals surface area contributed by atoms with Crippen LogP contribution in [0.25, 0.3) is 11.0 Å². The highest BCUT2D eigenvalue weighted by Gasteiger charge is 2.12. The van der Waals surface area contributed by atoms with E-state index in [9.17, 15) is 4.79 Å². The van der Waals surface area contributed by atoms with E-state index >= 15 is 0 Å². The van der Waals surface area contributed by atoms with Crippen molar-refractivity contribution >= 4 is 38.5 Å². The highest BCUT2D eigenvalue weighted by molar-refractivity contribution is 9.10. The minimum absolute atomic E-state index is 0.250. The van der Waals surface area contributed by atoms with E-state index in [0.29, 0.717) is 17.8 Å². The summed E-state index contributed by atoms with van der Waals surface area (Å²) in [6.45, 7) is 0.430. The van der Waals surface area contributed by atoms with Gasteiger partial charge in [0.1, 0.15) is 5.58 Å². The van der Waals surface area contributed by atoms with E-state index in [1.165, 1.54) is 0 Å². The van der Waals surface area contributed by atoms with Crippen LogP contribution in [-0.4, -0.2) is 5.91 Å². The monoisotopic (exact) mass is 344 g/mol. The van der Waals surface area contributed by atoms with Crippen LogP contribution in [0.1, 0.15) is 16.1 Å². The van der Waals surface area contributed by atoms with Crippen LogP contribution in [0.15, 0.2) is 57.4 Å². The van der Waals surface area contributed by atoms with Gasteiger partial charge in [-0.25, -0.2) is 0 Å². The van der Waals surface area contributed by atoms with Crippen molar-refractivity contribution in [3.8, 4) is 0 Å². The number of hydrogen-bond donors (Lipinski definition) is 2. The van der Waals surface area contributed by atoms with Gasteiger partial charge in [-0.2, -0.15) is 0 Å². The fourth-order valence-electron chi connectivity index (χ4n) is 2.08. The van der Waals surface area contributed by atoms with E-state index in [1.54, 1.807) is 24.3 Å². The van der Waals surface area contributed by atoms with Crippen LogP contribution < -0.4 is 11.1 Å². The predicted octanol–water partition coefficient (Wildman–Crippen LogP) is 3.71. The number of nitrogens with two attached hydrogens (primary N) is 1. The van der Waals surface area contributed by atoms with Crippen molar-refractivity contribution in [2.24, 2.45) is 0 Å². The zero-order valence-electron chi connectivity index (χ0n) is 11.1. The Balaban J connectivity index is 1.76. The van der Waals surface area contributed by atoms with Gasteiger partial charge in [0.25, 0.3) is 5.91 Å². The molecule has 0 unspecified atom stereocenters. The topological polar surface area (TPSA) is 68.3 Å². The van der Waals surface area contributed by atoms with Crippen LogP contribution in [0.2, 0.25) is 0 Å². The summed E-state index contributed by atoms with van der Waals surface area (Å²) in [5.41, 5.74) is 8.01. The first-order valence-electron chi connectivity index (χ1n) is 6.44. The molecule has 106 valence electrons. The Kier molecular flexibility index (Phi) is 3.66. The highest BCUT2D eigenvalue weighted by Crippen LogP contribution is 2.22. The zero-order valence-corrected chi connectivity index (χ0v) is 12.7. The molecule has 3 N–H and O–H groups in total. The van der Waals surface area contributed by atoms with Gasteiger partial charge in [0.2, 0.25) is 0 Å². The summed E-state index contributed by atoms with van der Waals surface area (Å²) in [6, 6.07) is 14.7. The van der Waals surface area contributed by atoms with Crippen LogP contribution in [-0.2, 0) is 6.54 Å². The van der Waals surface area contributed by atoms with Crippen LogP contribution in [0, 0.1) is 0 Å². The fraction of sp³-hybridized carbons (Fsp3) is 0.0625. The van der Waals surface area contributed by atoms with E-state index in [1.807, 2.05) is 24.3 Å². The second-order valence-corrected chi connectivity index (χ2v) is 5.54. The number of nitrogens with one attached hydrogen (secondary N) is 1. The van der Waals surface area contributed by atoms with Gasteiger partial charge in [0.05, 0.1) is 0 Å². The fourth-order valence-corrected chi connectivity index (χ4v) is 2.50. The van der Waals surface area contributed by atoms with Gasteiger partial charge in [-0.05, 0) is 35.9 Å². The first-order chi connectivity index (χ1) is 10.1. The number of fused-ring (bicyclic) bond motifs is 1. The van der Waals surface area contributed by atoms with Crippen molar-refractivity contribution in [3.05, 3.63) is 64.3 Å². The molecule has 3 aromatic rings. The van der Waals surface area contributed by atoms with E-state index in [0.717, 1.165) is 15.4 Å². The number of furan rings is 1. The van der Waals surface area contributed by atoms with Crippen molar-refractivity contribution in [3.63, 3.8) is 0 Å². The van der Waals surface area contributed by atoms with Gasteiger partial charge < -0.3 is 15.5 Å². The van der Waals surface area contributed by atoms with Crippen molar-refractivity contribution in [1.29, 1.82) is 0 Å². The van der Waals surface area contributed by atoms with Gasteiger partial charge in [0.15, 0.2) is 5.76 Å². The lowest BCUT2D eigenvalue weighted by atomic mass is 10.2. The molecule has 1 aromatic heterocycles. The number of hydrogen-bond acceptors (Lipinski definition) is 3. The molecule has 0 aliphatic rings. The number of halogens is 1. The molecule has 0 aliphatic heterocycles. The summed E-state index contributed by atoms with van der Waals surface area (Å²) in [5.74, 6) is 0.0307. The lowest BCUT2D eigenvalue weighted by molar-refractivity contribution is 0.0925. The Morgan fingerprint density at radius 3 is 2.81 bits per heavy atom. The molecule has 5 heteroatoms. The number of benzene rings is 2. The summed E-state index contributed by atoms with van der Waals surface area (Å²) < 4.78 is 6.48. The summed E-state index contributed by atoms with van der Waals surface area (Å²) in [7, 11) is 0. The second kappa shape index (κ2) is 5.61. The third-order valence-electron chi connectivity index (χ3n) is 3.16. The number of anilines is 1. The molecule has 4 nitrogen and oxygen atoms in total. The molecule has 0 fully saturated rings. The Labute approximate surface area is 130 Å². The maximum absolute atomic E-state index is 12.1. The predicted molar refractivity (Wildman–Crippen MR) is 85.9 cm³/mol. The Bertz CT molecular complexity index is 811. The van der Waals surface area contributed by atoms with Crippen LogP contribution >= 0.6 is 15.9 Å².